The van der Waals surface area contributed by atoms with E-state index < -0.39 is 22.0 Å². The Kier molecular flexibility index (Phi) is 9.69. The molecule has 32 heavy (non-hydrogen) atoms. The Morgan fingerprint density at radius 2 is 1.78 bits per heavy atom. The highest BCUT2D eigenvalue weighted by atomic mass is 32.2. The standard InChI is InChI=1S/C22H25N3O6S/c1-2-3-16-31-18-11-13-19(14-12-18)32(29,30)25-20(22(27)24-28)10-7-15-23-21(26)17-8-5-4-6-9-17/h4-6,8-9,11-14,20,25,28H,7,10,15-16H2,1H3,(H,23,26)(H,24,27)/t20-/m1/s1. The van der Waals surface area contributed by atoms with E-state index in [1.807, 2.05) is 0 Å². The Morgan fingerprint density at radius 3 is 2.41 bits per heavy atom. The van der Waals surface area contributed by atoms with Crippen LogP contribution in [0.5, 0.6) is 5.75 Å². The Morgan fingerprint density at radius 1 is 1.09 bits per heavy atom. The fourth-order valence-corrected chi connectivity index (χ4v) is 3.91. The number of ether oxygens (including phenoxy) is 1. The van der Waals surface area contributed by atoms with Gasteiger partial charge in [-0.2, -0.15) is 4.72 Å². The van der Waals surface area contributed by atoms with Gasteiger partial charge in [0.2, 0.25) is 10.0 Å². The first-order valence-corrected chi connectivity index (χ1v) is 11.3. The van der Waals surface area contributed by atoms with Crippen LogP contribution in [0.4, 0.5) is 0 Å². The number of hydrogen-bond acceptors (Lipinski definition) is 6. The molecule has 0 fully saturated rings. The van der Waals surface area contributed by atoms with Gasteiger partial charge < -0.3 is 10.1 Å². The molecule has 2 amide bonds. The summed E-state index contributed by atoms with van der Waals surface area (Å²) in [5.74, 6) is 4.69. The Balaban J connectivity index is 1.94. The normalized spacial score (nSPS) is 11.6. The molecule has 0 aliphatic heterocycles. The van der Waals surface area contributed by atoms with E-state index in [4.69, 9.17) is 9.94 Å². The predicted octanol–water partition coefficient (Wildman–Crippen LogP) is 1.45. The first-order valence-electron chi connectivity index (χ1n) is 9.79. The van der Waals surface area contributed by atoms with Gasteiger partial charge in [-0.1, -0.05) is 24.1 Å². The first kappa shape index (κ1) is 24.9. The molecular formula is C22H25N3O6S. The van der Waals surface area contributed by atoms with Crippen LogP contribution in [0.3, 0.4) is 0 Å². The second kappa shape index (κ2) is 12.5. The van der Waals surface area contributed by atoms with Crippen molar-refractivity contribution in [3.8, 4) is 17.6 Å². The highest BCUT2D eigenvalue weighted by Gasteiger charge is 2.25. The number of rotatable bonds is 11. The molecule has 9 nitrogen and oxygen atoms in total. The van der Waals surface area contributed by atoms with Crippen molar-refractivity contribution in [2.75, 3.05) is 13.2 Å². The summed E-state index contributed by atoms with van der Waals surface area (Å²) in [6.07, 6.45) is 0.349. The number of nitrogens with one attached hydrogen (secondary N) is 3. The topological polar surface area (TPSA) is 134 Å². The molecule has 0 radical (unpaired) electrons. The van der Waals surface area contributed by atoms with Crippen LogP contribution in [-0.4, -0.2) is 44.6 Å². The van der Waals surface area contributed by atoms with Gasteiger partial charge in [0, 0.05) is 12.1 Å². The van der Waals surface area contributed by atoms with Crippen molar-refractivity contribution in [2.45, 2.75) is 30.7 Å². The van der Waals surface area contributed by atoms with Crippen LogP contribution in [0.1, 0.15) is 30.1 Å². The lowest BCUT2D eigenvalue weighted by Crippen LogP contribution is -2.46. The molecular weight excluding hydrogens is 434 g/mol. The minimum atomic E-state index is -4.05. The lowest BCUT2D eigenvalue weighted by Gasteiger charge is -2.17. The molecule has 10 heteroatoms. The van der Waals surface area contributed by atoms with E-state index in [1.54, 1.807) is 37.3 Å². The molecule has 2 rings (SSSR count). The molecule has 2 aromatic carbocycles. The van der Waals surface area contributed by atoms with Gasteiger partial charge in [-0.25, -0.2) is 13.9 Å². The van der Waals surface area contributed by atoms with Crippen molar-refractivity contribution < 1.29 is 28.0 Å². The molecule has 0 unspecified atom stereocenters. The molecule has 170 valence electrons. The van der Waals surface area contributed by atoms with Crippen molar-refractivity contribution in [1.82, 2.24) is 15.5 Å². The number of carbonyl (C=O) groups is 2. The van der Waals surface area contributed by atoms with Crippen molar-refractivity contribution in [1.29, 1.82) is 0 Å². The molecule has 0 bridgehead atoms. The van der Waals surface area contributed by atoms with Crippen LogP contribution in [-0.2, 0) is 14.8 Å². The maximum absolute atomic E-state index is 12.7. The van der Waals surface area contributed by atoms with Crippen molar-refractivity contribution in [3.63, 3.8) is 0 Å². The predicted molar refractivity (Wildman–Crippen MR) is 117 cm³/mol. The lowest BCUT2D eigenvalue weighted by molar-refractivity contribution is -0.131. The molecule has 2 aromatic rings. The number of carbonyl (C=O) groups excluding carboxylic acids is 2. The van der Waals surface area contributed by atoms with E-state index in [1.165, 1.54) is 29.7 Å². The minimum absolute atomic E-state index is 0.0531. The van der Waals surface area contributed by atoms with Gasteiger partial charge in [-0.3, -0.25) is 14.8 Å². The monoisotopic (exact) mass is 459 g/mol. The zero-order chi connectivity index (χ0) is 23.4. The van der Waals surface area contributed by atoms with Gasteiger partial charge in [0.05, 0.1) is 4.90 Å². The molecule has 0 heterocycles. The molecule has 0 saturated carbocycles. The zero-order valence-electron chi connectivity index (χ0n) is 17.5. The zero-order valence-corrected chi connectivity index (χ0v) is 18.3. The van der Waals surface area contributed by atoms with Gasteiger partial charge in [-0.05, 0) is 56.2 Å². The summed E-state index contributed by atoms with van der Waals surface area (Å²) in [4.78, 5) is 23.9. The van der Waals surface area contributed by atoms with Gasteiger partial charge in [0.25, 0.3) is 11.8 Å². The smallest absolute Gasteiger partial charge is 0.261 e. The number of hydrogen-bond donors (Lipinski definition) is 4. The summed E-state index contributed by atoms with van der Waals surface area (Å²) >= 11 is 0. The SMILES string of the molecule is CC#CCOc1ccc(S(=O)(=O)N[C@H](CCCNC(=O)c2ccccc2)C(=O)NO)cc1. The van der Waals surface area contributed by atoms with Crippen LogP contribution in [0.2, 0.25) is 0 Å². The van der Waals surface area contributed by atoms with Crippen molar-refractivity contribution in [2.24, 2.45) is 0 Å². The van der Waals surface area contributed by atoms with Crippen LogP contribution < -0.4 is 20.3 Å². The fraction of sp³-hybridized carbons (Fsp3) is 0.273. The fourth-order valence-electron chi connectivity index (χ4n) is 2.68. The van der Waals surface area contributed by atoms with Gasteiger partial charge in [0.15, 0.2) is 0 Å². The molecule has 1 atom stereocenters. The minimum Gasteiger partial charge on any atom is -0.481 e. The maximum Gasteiger partial charge on any atom is 0.261 e. The molecule has 0 aliphatic carbocycles. The summed E-state index contributed by atoms with van der Waals surface area (Å²) in [7, 11) is -4.05. The van der Waals surface area contributed by atoms with Gasteiger partial charge >= 0.3 is 0 Å². The van der Waals surface area contributed by atoms with E-state index in [2.05, 4.69) is 21.9 Å². The van der Waals surface area contributed by atoms with E-state index in [-0.39, 0.29) is 30.4 Å². The third-order valence-electron chi connectivity index (χ3n) is 4.34. The van der Waals surface area contributed by atoms with Crippen LogP contribution >= 0.6 is 0 Å². The molecule has 0 spiro atoms. The molecule has 4 N–H and O–H groups in total. The number of sulfonamides is 1. The summed E-state index contributed by atoms with van der Waals surface area (Å²) in [5, 5.41) is 11.7. The van der Waals surface area contributed by atoms with Crippen molar-refractivity contribution in [3.05, 3.63) is 60.2 Å². The van der Waals surface area contributed by atoms with Crippen LogP contribution in [0, 0.1) is 11.8 Å². The average molecular weight is 460 g/mol. The summed E-state index contributed by atoms with van der Waals surface area (Å²) in [6, 6.07) is 13.0. The van der Waals surface area contributed by atoms with Crippen LogP contribution in [0.25, 0.3) is 0 Å². The summed E-state index contributed by atoms with van der Waals surface area (Å²) < 4.78 is 32.9. The first-order chi connectivity index (χ1) is 15.4. The van der Waals surface area contributed by atoms with Crippen molar-refractivity contribution >= 4 is 21.8 Å². The quantitative estimate of drug-likeness (QED) is 0.174. The Labute approximate surface area is 187 Å². The largest absolute Gasteiger partial charge is 0.481 e. The second-order valence-corrected chi connectivity index (χ2v) is 8.31. The number of amides is 2. The third kappa shape index (κ3) is 7.70. The summed E-state index contributed by atoms with van der Waals surface area (Å²) in [5.41, 5.74) is 1.96. The molecule has 0 aliphatic rings. The van der Waals surface area contributed by atoms with E-state index in [0.29, 0.717) is 17.7 Å². The van der Waals surface area contributed by atoms with Gasteiger partial charge in [-0.15, -0.1) is 5.92 Å². The summed E-state index contributed by atoms with van der Waals surface area (Å²) in [6.45, 7) is 2.08. The second-order valence-electron chi connectivity index (χ2n) is 6.60. The maximum atomic E-state index is 12.7. The van der Waals surface area contributed by atoms with Crippen LogP contribution in [0.15, 0.2) is 59.5 Å². The Bertz CT molecular complexity index is 1060. The highest BCUT2D eigenvalue weighted by molar-refractivity contribution is 7.89. The highest BCUT2D eigenvalue weighted by Crippen LogP contribution is 2.16. The average Bonchev–Trinajstić information content (AvgIpc) is 2.81. The van der Waals surface area contributed by atoms with E-state index in [9.17, 15) is 18.0 Å². The van der Waals surface area contributed by atoms with Gasteiger partial charge in [0.1, 0.15) is 18.4 Å². The molecule has 0 aromatic heterocycles. The van der Waals surface area contributed by atoms with E-state index >= 15 is 0 Å². The Hall–Kier alpha value is -3.39. The lowest BCUT2D eigenvalue weighted by atomic mass is 10.1. The third-order valence-corrected chi connectivity index (χ3v) is 5.82. The number of benzene rings is 2. The molecule has 0 saturated heterocycles. The van der Waals surface area contributed by atoms with E-state index in [0.717, 1.165) is 0 Å². The number of hydroxylamine groups is 1.